The van der Waals surface area contributed by atoms with Crippen LogP contribution in [-0.2, 0) is 11.3 Å². The largest absolute Gasteiger partial charge is 0.383 e. The Balaban J connectivity index is 1.35. The van der Waals surface area contributed by atoms with Gasteiger partial charge < -0.3 is 19.1 Å². The smallest absolute Gasteiger partial charge is 0.186 e. The van der Waals surface area contributed by atoms with Crippen molar-refractivity contribution < 1.29 is 13.5 Å². The van der Waals surface area contributed by atoms with Gasteiger partial charge in [-0.15, -0.1) is 0 Å². The molecule has 0 spiro atoms. The fourth-order valence-corrected chi connectivity index (χ4v) is 4.70. The molecule has 0 radical (unpaired) electrons. The fourth-order valence-electron chi connectivity index (χ4n) is 3.64. The molecule has 1 saturated heterocycles. The number of halogens is 2. The Kier molecular flexibility index (Phi) is 4.91. The van der Waals surface area contributed by atoms with Gasteiger partial charge in [0.15, 0.2) is 27.9 Å². The second kappa shape index (κ2) is 7.73. The second-order valence-corrected chi connectivity index (χ2v) is 8.01. The number of benzene rings is 1. The minimum Gasteiger partial charge on any atom is -0.383 e. The molecular weight excluding hydrogens is 412 g/mol. The maximum atomic E-state index is 14.0. The van der Waals surface area contributed by atoms with Crippen molar-refractivity contribution >= 4 is 43.7 Å². The number of nitrogens with zero attached hydrogens (tertiary/aromatic N) is 7. The summed E-state index contributed by atoms with van der Waals surface area (Å²) in [5, 5.41) is 0.700. The Morgan fingerprint density at radius 3 is 2.63 bits per heavy atom. The van der Waals surface area contributed by atoms with Gasteiger partial charge in [-0.3, -0.25) is 0 Å². The molecule has 0 bridgehead atoms. The molecule has 3 aromatic heterocycles. The Morgan fingerprint density at radius 1 is 1.03 bits per heavy atom. The highest BCUT2D eigenvalue weighted by Gasteiger charge is 2.24. The third-order valence-electron chi connectivity index (χ3n) is 5.17. The maximum Gasteiger partial charge on any atom is 0.186 e. The summed E-state index contributed by atoms with van der Waals surface area (Å²) >= 11 is 1.31. The molecule has 1 aromatic carbocycles. The van der Waals surface area contributed by atoms with Gasteiger partial charge >= 0.3 is 0 Å². The summed E-state index contributed by atoms with van der Waals surface area (Å²) in [4.78, 5) is 22.0. The Hall–Kier alpha value is -2.92. The van der Waals surface area contributed by atoms with E-state index >= 15 is 0 Å². The average Bonchev–Trinajstić information content (AvgIpc) is 3.36. The summed E-state index contributed by atoms with van der Waals surface area (Å²) in [7, 11) is 1.66. The van der Waals surface area contributed by atoms with Crippen molar-refractivity contribution in [2.45, 2.75) is 6.54 Å². The van der Waals surface area contributed by atoms with E-state index < -0.39 is 11.6 Å². The van der Waals surface area contributed by atoms with Gasteiger partial charge in [0.2, 0.25) is 0 Å². The normalized spacial score (nSPS) is 14.9. The molecule has 0 unspecified atom stereocenters. The van der Waals surface area contributed by atoms with Gasteiger partial charge in [-0.1, -0.05) is 11.3 Å². The van der Waals surface area contributed by atoms with Gasteiger partial charge in [-0.25, -0.2) is 28.7 Å². The number of imidazole rings is 1. The number of piperazine rings is 1. The quantitative estimate of drug-likeness (QED) is 0.481. The first kappa shape index (κ1) is 19.1. The van der Waals surface area contributed by atoms with Crippen molar-refractivity contribution in [3.8, 4) is 0 Å². The van der Waals surface area contributed by atoms with Crippen molar-refractivity contribution in [2.75, 3.05) is 49.7 Å². The zero-order valence-electron chi connectivity index (χ0n) is 16.3. The van der Waals surface area contributed by atoms with Gasteiger partial charge in [-0.2, -0.15) is 0 Å². The summed E-state index contributed by atoms with van der Waals surface area (Å²) in [6, 6.07) is 2.20. The molecule has 30 heavy (non-hydrogen) atoms. The highest BCUT2D eigenvalue weighted by Crippen LogP contribution is 2.32. The number of aromatic nitrogens is 5. The molecule has 0 N–H and O–H groups in total. The SMILES string of the molecule is COCCn1cnc2c(N3CCN(c4nc5c(F)cc(F)cc5s4)CC3)ncnc21. The lowest BCUT2D eigenvalue weighted by molar-refractivity contribution is 0.188. The molecule has 8 nitrogen and oxygen atoms in total. The van der Waals surface area contributed by atoms with E-state index in [1.54, 1.807) is 19.8 Å². The highest BCUT2D eigenvalue weighted by atomic mass is 32.1. The van der Waals surface area contributed by atoms with Crippen LogP contribution in [0, 0.1) is 11.6 Å². The van der Waals surface area contributed by atoms with Crippen molar-refractivity contribution in [3.05, 3.63) is 36.4 Å². The molecule has 4 heterocycles. The van der Waals surface area contributed by atoms with E-state index in [0.717, 1.165) is 23.0 Å². The van der Waals surface area contributed by atoms with Crippen molar-refractivity contribution in [3.63, 3.8) is 0 Å². The molecule has 1 aliphatic heterocycles. The van der Waals surface area contributed by atoms with Crippen LogP contribution in [0.4, 0.5) is 19.7 Å². The number of methoxy groups -OCH3 is 1. The number of hydrogen-bond donors (Lipinski definition) is 0. The lowest BCUT2D eigenvalue weighted by atomic mass is 10.3. The van der Waals surface area contributed by atoms with E-state index in [1.807, 2.05) is 4.57 Å². The number of ether oxygens (including phenoxy) is 1. The molecule has 1 fully saturated rings. The lowest BCUT2D eigenvalue weighted by Gasteiger charge is -2.35. The Morgan fingerprint density at radius 2 is 1.83 bits per heavy atom. The summed E-state index contributed by atoms with van der Waals surface area (Å²) in [5.74, 6) is -0.412. The highest BCUT2D eigenvalue weighted by molar-refractivity contribution is 7.22. The van der Waals surface area contributed by atoms with Crippen LogP contribution in [0.3, 0.4) is 0 Å². The summed E-state index contributed by atoms with van der Waals surface area (Å²) in [6.07, 6.45) is 3.31. The maximum absolute atomic E-state index is 14.0. The van der Waals surface area contributed by atoms with Crippen molar-refractivity contribution in [1.82, 2.24) is 24.5 Å². The van der Waals surface area contributed by atoms with Crippen LogP contribution >= 0.6 is 11.3 Å². The topological polar surface area (TPSA) is 72.2 Å². The number of fused-ring (bicyclic) bond motifs is 2. The molecule has 0 saturated carbocycles. The minimum absolute atomic E-state index is 0.220. The Labute approximate surface area is 174 Å². The van der Waals surface area contributed by atoms with Crippen LogP contribution < -0.4 is 9.80 Å². The first-order valence-electron chi connectivity index (χ1n) is 9.54. The standard InChI is InChI=1S/C19H19F2N7OS/c1-29-7-6-28-11-24-16-17(22-10-23-18(16)28)26-2-4-27(5-3-26)19-25-15-13(21)8-12(20)9-14(15)30-19/h8-11H,2-7H2,1H3. The molecule has 1 aliphatic rings. The van der Waals surface area contributed by atoms with E-state index in [2.05, 4.69) is 29.7 Å². The predicted molar refractivity (Wildman–Crippen MR) is 111 cm³/mol. The van der Waals surface area contributed by atoms with Crippen molar-refractivity contribution in [1.29, 1.82) is 0 Å². The number of rotatable bonds is 5. The van der Waals surface area contributed by atoms with Crippen molar-refractivity contribution in [2.24, 2.45) is 0 Å². The second-order valence-electron chi connectivity index (χ2n) is 7.01. The number of thiazole rings is 1. The third kappa shape index (κ3) is 3.33. The van der Waals surface area contributed by atoms with Crippen LogP contribution in [0.15, 0.2) is 24.8 Å². The molecule has 0 atom stereocenters. The lowest BCUT2D eigenvalue weighted by Crippen LogP contribution is -2.46. The number of anilines is 2. The van der Waals surface area contributed by atoms with Crippen LogP contribution in [0.2, 0.25) is 0 Å². The third-order valence-corrected chi connectivity index (χ3v) is 6.23. The van der Waals surface area contributed by atoms with E-state index in [4.69, 9.17) is 4.74 Å². The van der Waals surface area contributed by atoms with Gasteiger partial charge in [-0.05, 0) is 6.07 Å². The Bertz CT molecular complexity index is 1200. The fraction of sp³-hybridized carbons (Fsp3) is 0.368. The summed E-state index contributed by atoms with van der Waals surface area (Å²) in [5.41, 5.74) is 1.76. The molecule has 0 amide bonds. The van der Waals surface area contributed by atoms with Crippen LogP contribution in [-0.4, -0.2) is 64.4 Å². The molecule has 4 aromatic rings. The van der Waals surface area contributed by atoms with Gasteiger partial charge in [0.1, 0.15) is 17.7 Å². The summed E-state index contributed by atoms with van der Waals surface area (Å²) in [6.45, 7) is 4.06. The van der Waals surface area contributed by atoms with Crippen LogP contribution in [0.1, 0.15) is 0 Å². The van der Waals surface area contributed by atoms with E-state index in [-0.39, 0.29) is 5.52 Å². The van der Waals surface area contributed by atoms with Gasteiger partial charge in [0, 0.05) is 45.9 Å². The first-order valence-corrected chi connectivity index (χ1v) is 10.4. The summed E-state index contributed by atoms with van der Waals surface area (Å²) < 4.78 is 35.1. The van der Waals surface area contributed by atoms with Gasteiger partial charge in [0.05, 0.1) is 17.6 Å². The molecule has 0 aliphatic carbocycles. The number of hydrogen-bond acceptors (Lipinski definition) is 8. The van der Waals surface area contributed by atoms with E-state index in [0.29, 0.717) is 49.2 Å². The van der Waals surface area contributed by atoms with Gasteiger partial charge in [0.25, 0.3) is 0 Å². The van der Waals surface area contributed by atoms with E-state index in [9.17, 15) is 8.78 Å². The molecule has 11 heteroatoms. The minimum atomic E-state index is -0.626. The molecular formula is C19H19F2N7OS. The first-order chi connectivity index (χ1) is 14.6. The average molecular weight is 431 g/mol. The monoisotopic (exact) mass is 431 g/mol. The van der Waals surface area contributed by atoms with Crippen LogP contribution in [0.5, 0.6) is 0 Å². The molecule has 156 valence electrons. The van der Waals surface area contributed by atoms with E-state index in [1.165, 1.54) is 17.4 Å². The zero-order valence-corrected chi connectivity index (χ0v) is 17.1. The predicted octanol–water partition coefficient (Wildman–Crippen LogP) is 2.69. The molecule has 5 rings (SSSR count). The zero-order chi connectivity index (χ0) is 20.7. The van der Waals surface area contributed by atoms with Crippen LogP contribution in [0.25, 0.3) is 21.4 Å².